The van der Waals surface area contributed by atoms with E-state index in [2.05, 4.69) is 9.97 Å². The molecule has 1 aliphatic rings. The highest BCUT2D eigenvalue weighted by molar-refractivity contribution is 5.39. The second-order valence-corrected chi connectivity index (χ2v) is 3.52. The normalized spacial score (nSPS) is 18.8. The first-order chi connectivity index (χ1) is 7.48. The van der Waals surface area contributed by atoms with E-state index < -0.39 is 23.2 Å². The van der Waals surface area contributed by atoms with E-state index in [9.17, 15) is 18.9 Å². The van der Waals surface area contributed by atoms with Crippen molar-refractivity contribution in [1.82, 2.24) is 9.97 Å². The molecule has 86 valence electrons. The molecular weight excluding hydrogens is 222 g/mol. The molecule has 1 aromatic heterocycles. The van der Waals surface area contributed by atoms with Crippen LogP contribution in [-0.2, 0) is 0 Å². The average molecular weight is 230 g/mol. The van der Waals surface area contributed by atoms with Crippen LogP contribution in [0.2, 0.25) is 0 Å². The number of halogens is 2. The van der Waals surface area contributed by atoms with Gasteiger partial charge in [-0.3, -0.25) is 0 Å². The highest BCUT2D eigenvalue weighted by Gasteiger charge is 2.39. The predicted octanol–water partition coefficient (Wildman–Crippen LogP) is 1.23. The van der Waals surface area contributed by atoms with Crippen LogP contribution in [0.1, 0.15) is 6.42 Å². The van der Waals surface area contributed by atoms with Crippen molar-refractivity contribution in [2.24, 2.45) is 0 Å². The van der Waals surface area contributed by atoms with Crippen molar-refractivity contribution < 1.29 is 13.7 Å². The molecule has 0 aromatic carbocycles. The number of nitrogens with zero attached hydrogens (tertiary/aromatic N) is 4. The maximum Gasteiger partial charge on any atom is 0.382 e. The van der Waals surface area contributed by atoms with Crippen molar-refractivity contribution in [2.45, 2.75) is 12.3 Å². The summed E-state index contributed by atoms with van der Waals surface area (Å²) in [7, 11) is 0. The topological polar surface area (TPSA) is 72.2 Å². The minimum absolute atomic E-state index is 0.180. The molecule has 0 spiro atoms. The first kappa shape index (κ1) is 10.7. The highest BCUT2D eigenvalue weighted by atomic mass is 19.3. The Balaban J connectivity index is 2.14. The molecule has 16 heavy (non-hydrogen) atoms. The molecule has 0 atom stereocenters. The molecule has 0 saturated carbocycles. The quantitative estimate of drug-likeness (QED) is 0.564. The van der Waals surface area contributed by atoms with E-state index >= 15 is 0 Å². The van der Waals surface area contributed by atoms with Gasteiger partial charge in [-0.15, -0.1) is 0 Å². The standard InChI is InChI=1S/C8H8F2N4O2/c9-8(10)1-2-13(5-8)6-3-12-7(4-11-6)14(15)16/h3-4H,1-2,5H2. The summed E-state index contributed by atoms with van der Waals surface area (Å²) < 4.78 is 25.8. The van der Waals surface area contributed by atoms with Crippen LogP contribution in [0.25, 0.3) is 0 Å². The van der Waals surface area contributed by atoms with Crippen molar-refractivity contribution in [2.75, 3.05) is 18.0 Å². The Hall–Kier alpha value is -1.86. The summed E-state index contributed by atoms with van der Waals surface area (Å²) >= 11 is 0. The summed E-state index contributed by atoms with van der Waals surface area (Å²) in [6, 6.07) is 0. The SMILES string of the molecule is O=[N+]([O-])c1cnc(N2CCC(F)(F)C2)cn1. The number of anilines is 1. The third-order valence-electron chi connectivity index (χ3n) is 2.31. The Morgan fingerprint density at radius 2 is 2.19 bits per heavy atom. The molecule has 0 aliphatic carbocycles. The Morgan fingerprint density at radius 1 is 1.44 bits per heavy atom. The van der Waals surface area contributed by atoms with Gasteiger partial charge in [0.15, 0.2) is 12.0 Å². The fourth-order valence-electron chi connectivity index (χ4n) is 1.50. The number of hydrogen-bond acceptors (Lipinski definition) is 5. The van der Waals surface area contributed by atoms with Crippen LogP contribution in [0.4, 0.5) is 20.4 Å². The van der Waals surface area contributed by atoms with Crippen LogP contribution in [-0.4, -0.2) is 33.9 Å². The van der Waals surface area contributed by atoms with E-state index in [1.165, 1.54) is 4.90 Å². The second kappa shape index (κ2) is 3.62. The smallest absolute Gasteiger partial charge is 0.358 e. The number of alkyl halides is 2. The van der Waals surface area contributed by atoms with E-state index in [-0.39, 0.29) is 18.8 Å². The molecule has 0 bridgehead atoms. The third kappa shape index (κ3) is 2.05. The molecule has 6 nitrogen and oxygen atoms in total. The summed E-state index contributed by atoms with van der Waals surface area (Å²) in [5.41, 5.74) is 0. The van der Waals surface area contributed by atoms with Crippen molar-refractivity contribution in [3.8, 4) is 0 Å². The van der Waals surface area contributed by atoms with Gasteiger partial charge in [-0.05, 0) is 9.91 Å². The van der Waals surface area contributed by atoms with Crippen molar-refractivity contribution in [1.29, 1.82) is 0 Å². The zero-order valence-electron chi connectivity index (χ0n) is 8.14. The van der Waals surface area contributed by atoms with E-state index in [1.807, 2.05) is 0 Å². The van der Waals surface area contributed by atoms with Crippen molar-refractivity contribution >= 4 is 11.6 Å². The van der Waals surface area contributed by atoms with Gasteiger partial charge in [0.2, 0.25) is 0 Å². The average Bonchev–Trinajstić information content (AvgIpc) is 2.59. The molecule has 1 saturated heterocycles. The lowest BCUT2D eigenvalue weighted by molar-refractivity contribution is -0.389. The fourth-order valence-corrected chi connectivity index (χ4v) is 1.50. The monoisotopic (exact) mass is 230 g/mol. The molecule has 1 fully saturated rings. The summed E-state index contributed by atoms with van der Waals surface area (Å²) in [5.74, 6) is -2.87. The van der Waals surface area contributed by atoms with Crippen LogP contribution < -0.4 is 4.90 Å². The molecule has 0 amide bonds. The van der Waals surface area contributed by atoms with Crippen LogP contribution in [0, 0.1) is 10.1 Å². The van der Waals surface area contributed by atoms with Crippen LogP contribution in [0.3, 0.4) is 0 Å². The highest BCUT2D eigenvalue weighted by Crippen LogP contribution is 2.29. The van der Waals surface area contributed by atoms with E-state index in [0.29, 0.717) is 0 Å². The number of aromatic nitrogens is 2. The fraction of sp³-hybridized carbons (Fsp3) is 0.500. The van der Waals surface area contributed by atoms with Crippen LogP contribution in [0.15, 0.2) is 12.4 Å². The van der Waals surface area contributed by atoms with Crippen LogP contribution in [0.5, 0.6) is 0 Å². The lowest BCUT2D eigenvalue weighted by Gasteiger charge is -2.14. The molecule has 0 radical (unpaired) electrons. The Bertz CT molecular complexity index is 409. The van der Waals surface area contributed by atoms with Gasteiger partial charge in [-0.25, -0.2) is 13.8 Å². The summed E-state index contributed by atoms with van der Waals surface area (Å²) in [5, 5.41) is 10.3. The Kier molecular flexibility index (Phi) is 2.41. The summed E-state index contributed by atoms with van der Waals surface area (Å²) in [6.45, 7) is -0.237. The maximum atomic E-state index is 12.9. The number of nitro groups is 1. The summed E-state index contributed by atoms with van der Waals surface area (Å²) in [4.78, 5) is 18.2. The molecule has 1 aliphatic heterocycles. The molecule has 0 N–H and O–H groups in total. The van der Waals surface area contributed by atoms with Crippen LogP contribution >= 0.6 is 0 Å². The van der Waals surface area contributed by atoms with Gasteiger partial charge in [0.1, 0.15) is 6.20 Å². The predicted molar refractivity (Wildman–Crippen MR) is 50.5 cm³/mol. The minimum Gasteiger partial charge on any atom is -0.358 e. The van der Waals surface area contributed by atoms with Gasteiger partial charge < -0.3 is 15.0 Å². The van der Waals surface area contributed by atoms with E-state index in [4.69, 9.17) is 0 Å². The van der Waals surface area contributed by atoms with Gasteiger partial charge in [-0.2, -0.15) is 0 Å². The van der Waals surface area contributed by atoms with Gasteiger partial charge in [0, 0.05) is 13.0 Å². The molecule has 2 rings (SSSR count). The Labute approximate surface area is 89.1 Å². The molecule has 8 heteroatoms. The third-order valence-corrected chi connectivity index (χ3v) is 2.31. The Morgan fingerprint density at radius 3 is 2.62 bits per heavy atom. The van der Waals surface area contributed by atoms with E-state index in [0.717, 1.165) is 12.4 Å². The lowest BCUT2D eigenvalue weighted by atomic mass is 10.3. The zero-order chi connectivity index (χ0) is 11.8. The van der Waals surface area contributed by atoms with Gasteiger partial charge in [0.05, 0.1) is 6.54 Å². The van der Waals surface area contributed by atoms with Gasteiger partial charge >= 0.3 is 5.82 Å². The minimum atomic E-state index is -2.72. The number of hydrogen-bond donors (Lipinski definition) is 0. The first-order valence-corrected chi connectivity index (χ1v) is 4.57. The summed E-state index contributed by atoms with van der Waals surface area (Å²) in [6.07, 6.45) is 1.87. The molecule has 2 heterocycles. The van der Waals surface area contributed by atoms with Gasteiger partial charge in [-0.1, -0.05) is 0 Å². The van der Waals surface area contributed by atoms with Gasteiger partial charge in [0.25, 0.3) is 5.92 Å². The second-order valence-electron chi connectivity index (χ2n) is 3.52. The first-order valence-electron chi connectivity index (χ1n) is 4.57. The number of rotatable bonds is 2. The van der Waals surface area contributed by atoms with E-state index in [1.54, 1.807) is 0 Å². The molecule has 0 unspecified atom stereocenters. The lowest BCUT2D eigenvalue weighted by Crippen LogP contribution is -2.25. The van der Waals surface area contributed by atoms with Crippen molar-refractivity contribution in [3.05, 3.63) is 22.5 Å². The molecular formula is C8H8F2N4O2. The largest absolute Gasteiger partial charge is 0.382 e. The maximum absolute atomic E-state index is 12.9. The molecule has 1 aromatic rings. The zero-order valence-corrected chi connectivity index (χ0v) is 8.14. The van der Waals surface area contributed by atoms with Crippen molar-refractivity contribution in [3.63, 3.8) is 0 Å².